The largest absolute Gasteiger partial charge is 0.573 e. The smallest absolute Gasteiger partial charge is 0.481 e. The number of carbonyl (C=O) groups excluding carboxylic acids is 1. The molecule has 1 aromatic heterocycles. The van der Waals surface area contributed by atoms with E-state index in [1.54, 1.807) is 0 Å². The number of nitrogens with zero attached hydrogens (tertiary/aromatic N) is 1. The number of ether oxygens (including phenoxy) is 2. The summed E-state index contributed by atoms with van der Waals surface area (Å²) < 4.78 is 44.8. The molecule has 0 amide bonds. The van der Waals surface area contributed by atoms with Gasteiger partial charge in [0.05, 0.1) is 12.7 Å². The van der Waals surface area contributed by atoms with Crippen molar-refractivity contribution in [1.29, 1.82) is 0 Å². The van der Waals surface area contributed by atoms with Crippen LogP contribution in [0.4, 0.5) is 13.2 Å². The van der Waals surface area contributed by atoms with Crippen molar-refractivity contribution in [1.82, 2.24) is 4.98 Å². The number of aromatic nitrogens is 1. The Morgan fingerprint density at radius 2 is 2.18 bits per heavy atom. The van der Waals surface area contributed by atoms with E-state index in [-0.39, 0.29) is 30.0 Å². The number of pyridine rings is 1. The number of rotatable bonds is 4. The maximum atomic E-state index is 12.1. The van der Waals surface area contributed by atoms with Crippen molar-refractivity contribution in [3.8, 4) is 11.6 Å². The number of alkyl halides is 3. The van der Waals surface area contributed by atoms with E-state index in [1.165, 1.54) is 7.11 Å². The Morgan fingerprint density at radius 1 is 1.53 bits per heavy atom. The van der Waals surface area contributed by atoms with E-state index >= 15 is 0 Å². The van der Waals surface area contributed by atoms with E-state index < -0.39 is 12.1 Å². The van der Waals surface area contributed by atoms with Crippen molar-refractivity contribution in [3.63, 3.8) is 0 Å². The molecule has 0 fully saturated rings. The molecule has 0 aromatic carbocycles. The lowest BCUT2D eigenvalue weighted by atomic mass is 10.2. The van der Waals surface area contributed by atoms with E-state index in [9.17, 15) is 18.0 Å². The fraction of sp³-hybridized carbons (Fsp3) is 0.333. The molecule has 0 unspecified atom stereocenters. The van der Waals surface area contributed by atoms with Crippen LogP contribution in [0.15, 0.2) is 6.07 Å². The number of hydrogen-bond donors (Lipinski definition) is 1. The van der Waals surface area contributed by atoms with Gasteiger partial charge < -0.3 is 15.2 Å². The number of halogens is 3. The number of nitrogens with two attached hydrogens (primary N) is 1. The van der Waals surface area contributed by atoms with Gasteiger partial charge >= 0.3 is 6.36 Å². The van der Waals surface area contributed by atoms with Crippen molar-refractivity contribution < 1.29 is 27.4 Å². The molecule has 94 valence electrons. The molecule has 0 radical (unpaired) electrons. The number of methoxy groups -OCH3 is 1. The van der Waals surface area contributed by atoms with E-state index in [0.717, 1.165) is 6.07 Å². The average Bonchev–Trinajstić information content (AvgIpc) is 2.25. The number of hydrogen-bond acceptors (Lipinski definition) is 5. The highest BCUT2D eigenvalue weighted by molar-refractivity contribution is 5.73. The van der Waals surface area contributed by atoms with Gasteiger partial charge in [-0.15, -0.1) is 13.2 Å². The predicted molar refractivity (Wildman–Crippen MR) is 50.8 cm³/mol. The van der Waals surface area contributed by atoms with Gasteiger partial charge in [0.15, 0.2) is 6.29 Å². The Kier molecular flexibility index (Phi) is 3.89. The fourth-order valence-corrected chi connectivity index (χ4v) is 1.18. The molecule has 0 aliphatic heterocycles. The molecule has 0 saturated heterocycles. The predicted octanol–water partition coefficient (Wildman–Crippen LogP) is 1.26. The topological polar surface area (TPSA) is 74.4 Å². The van der Waals surface area contributed by atoms with Gasteiger partial charge in [-0.05, 0) is 0 Å². The summed E-state index contributed by atoms with van der Waals surface area (Å²) in [7, 11) is 1.20. The number of carbonyl (C=O) groups is 1. The Labute approximate surface area is 94.3 Å². The Balaban J connectivity index is 3.29. The lowest BCUT2D eigenvalue weighted by molar-refractivity contribution is -0.274. The quantitative estimate of drug-likeness (QED) is 0.814. The van der Waals surface area contributed by atoms with Crippen molar-refractivity contribution in [2.24, 2.45) is 5.73 Å². The van der Waals surface area contributed by atoms with Gasteiger partial charge in [-0.1, -0.05) is 0 Å². The van der Waals surface area contributed by atoms with Gasteiger partial charge in [-0.25, -0.2) is 4.98 Å². The Bertz CT molecular complexity index is 421. The fourth-order valence-electron chi connectivity index (χ4n) is 1.18. The molecule has 1 aromatic rings. The molecule has 17 heavy (non-hydrogen) atoms. The summed E-state index contributed by atoms with van der Waals surface area (Å²) in [5, 5.41) is 0. The van der Waals surface area contributed by atoms with Gasteiger partial charge in [0, 0.05) is 12.6 Å². The van der Waals surface area contributed by atoms with E-state index in [1.807, 2.05) is 0 Å². The summed E-state index contributed by atoms with van der Waals surface area (Å²) >= 11 is 0. The van der Waals surface area contributed by atoms with Gasteiger partial charge in [-0.3, -0.25) is 4.79 Å². The highest BCUT2D eigenvalue weighted by Crippen LogP contribution is 2.31. The molecule has 8 heteroatoms. The molecule has 0 bridgehead atoms. The van der Waals surface area contributed by atoms with Crippen molar-refractivity contribution in [3.05, 3.63) is 17.3 Å². The van der Waals surface area contributed by atoms with Gasteiger partial charge in [0.1, 0.15) is 11.4 Å². The van der Waals surface area contributed by atoms with Crippen LogP contribution in [0.1, 0.15) is 16.1 Å². The van der Waals surface area contributed by atoms with E-state index in [2.05, 4.69) is 9.72 Å². The first-order chi connectivity index (χ1) is 7.91. The second-order valence-electron chi connectivity index (χ2n) is 2.90. The second kappa shape index (κ2) is 5.00. The van der Waals surface area contributed by atoms with Gasteiger partial charge in [0.25, 0.3) is 0 Å². The monoisotopic (exact) mass is 250 g/mol. The third kappa shape index (κ3) is 3.31. The minimum absolute atomic E-state index is 0.0598. The van der Waals surface area contributed by atoms with E-state index in [4.69, 9.17) is 10.5 Å². The lowest BCUT2D eigenvalue weighted by Gasteiger charge is -2.14. The van der Waals surface area contributed by atoms with Crippen LogP contribution in [0.5, 0.6) is 11.6 Å². The molecule has 1 rings (SSSR count). The summed E-state index contributed by atoms with van der Waals surface area (Å²) in [4.78, 5) is 14.2. The van der Waals surface area contributed by atoms with Crippen LogP contribution < -0.4 is 15.2 Å². The lowest BCUT2D eigenvalue weighted by Crippen LogP contribution is -2.19. The first kappa shape index (κ1) is 13.2. The maximum absolute atomic E-state index is 12.1. The molecular weight excluding hydrogens is 241 g/mol. The standard InChI is InChI=1S/C9H9F3N2O3/c1-16-8-6(3-13)7(17-9(10,11)12)2-5(4-15)14-8/h2,4H,3,13H2,1H3. The SMILES string of the molecule is COc1nc(C=O)cc(OC(F)(F)F)c1CN. The average molecular weight is 250 g/mol. The summed E-state index contributed by atoms with van der Waals surface area (Å²) in [5.41, 5.74) is 4.98. The summed E-state index contributed by atoms with van der Waals surface area (Å²) in [5.74, 6) is -0.759. The molecule has 0 atom stereocenters. The van der Waals surface area contributed by atoms with Gasteiger partial charge in [0.2, 0.25) is 5.88 Å². The molecule has 0 aliphatic carbocycles. The van der Waals surface area contributed by atoms with Crippen LogP contribution in [-0.2, 0) is 6.54 Å². The van der Waals surface area contributed by atoms with E-state index in [0.29, 0.717) is 0 Å². The molecule has 5 nitrogen and oxygen atoms in total. The highest BCUT2D eigenvalue weighted by atomic mass is 19.4. The van der Waals surface area contributed by atoms with Crippen molar-refractivity contribution in [2.75, 3.05) is 7.11 Å². The molecule has 0 aliphatic rings. The summed E-state index contributed by atoms with van der Waals surface area (Å²) in [6.07, 6.45) is -4.59. The zero-order valence-electron chi connectivity index (χ0n) is 8.75. The molecule has 1 heterocycles. The summed E-state index contributed by atoms with van der Waals surface area (Å²) in [6.45, 7) is -0.263. The Hall–Kier alpha value is -1.83. The third-order valence-electron chi connectivity index (χ3n) is 1.81. The molecule has 2 N–H and O–H groups in total. The van der Waals surface area contributed by atoms with Crippen molar-refractivity contribution in [2.45, 2.75) is 12.9 Å². The minimum atomic E-state index is -4.88. The highest BCUT2D eigenvalue weighted by Gasteiger charge is 2.33. The van der Waals surface area contributed by atoms with Crippen molar-refractivity contribution >= 4 is 6.29 Å². The van der Waals surface area contributed by atoms with Crippen LogP contribution in [0.25, 0.3) is 0 Å². The van der Waals surface area contributed by atoms with Crippen LogP contribution in [-0.4, -0.2) is 24.7 Å². The summed E-state index contributed by atoms with van der Waals surface area (Å²) in [6, 6.07) is 0.852. The molecule has 0 spiro atoms. The maximum Gasteiger partial charge on any atom is 0.573 e. The zero-order valence-corrected chi connectivity index (χ0v) is 8.75. The normalized spacial score (nSPS) is 11.1. The molecule has 0 saturated carbocycles. The third-order valence-corrected chi connectivity index (χ3v) is 1.81. The minimum Gasteiger partial charge on any atom is -0.481 e. The second-order valence-corrected chi connectivity index (χ2v) is 2.90. The van der Waals surface area contributed by atoms with Gasteiger partial charge in [-0.2, -0.15) is 0 Å². The zero-order chi connectivity index (χ0) is 13.1. The van der Waals surface area contributed by atoms with Crippen LogP contribution in [0.2, 0.25) is 0 Å². The Morgan fingerprint density at radius 3 is 2.59 bits per heavy atom. The van der Waals surface area contributed by atoms with Crippen LogP contribution >= 0.6 is 0 Å². The van der Waals surface area contributed by atoms with Crippen LogP contribution in [0, 0.1) is 0 Å². The van der Waals surface area contributed by atoms with Crippen LogP contribution in [0.3, 0.4) is 0 Å². The first-order valence-electron chi connectivity index (χ1n) is 4.40. The molecular formula is C9H9F3N2O3. The number of aldehydes is 1. The first-order valence-corrected chi connectivity index (χ1v) is 4.40.